The summed E-state index contributed by atoms with van der Waals surface area (Å²) in [6, 6.07) is 14.3. The highest BCUT2D eigenvalue weighted by molar-refractivity contribution is 6.03. The predicted octanol–water partition coefficient (Wildman–Crippen LogP) is 2.34. The van der Waals surface area contributed by atoms with E-state index in [1.165, 1.54) is 6.92 Å². The van der Waals surface area contributed by atoms with Crippen LogP contribution in [0.25, 0.3) is 0 Å². The van der Waals surface area contributed by atoms with Gasteiger partial charge in [-0.1, -0.05) is 18.2 Å². The van der Waals surface area contributed by atoms with Crippen LogP contribution < -0.4 is 20.7 Å². The fourth-order valence-electron chi connectivity index (χ4n) is 2.43. The number of methoxy groups -OCH3 is 1. The van der Waals surface area contributed by atoms with Gasteiger partial charge in [-0.15, -0.1) is 0 Å². The van der Waals surface area contributed by atoms with Crippen molar-refractivity contribution in [2.75, 3.05) is 24.3 Å². The summed E-state index contributed by atoms with van der Waals surface area (Å²) in [5, 5.41) is 8.00. The second kappa shape index (κ2) is 9.96. The zero-order chi connectivity index (χ0) is 19.6. The number of rotatable bonds is 8. The van der Waals surface area contributed by atoms with E-state index < -0.39 is 5.91 Å². The summed E-state index contributed by atoms with van der Waals surface area (Å²) in [6.45, 7) is 1.85. The minimum atomic E-state index is -0.420. The number of carbonyl (C=O) groups is 3. The van der Waals surface area contributed by atoms with Gasteiger partial charge in [0.2, 0.25) is 17.7 Å². The second-order valence-corrected chi connectivity index (χ2v) is 5.93. The Morgan fingerprint density at radius 2 is 1.59 bits per heavy atom. The molecule has 0 unspecified atom stereocenters. The molecule has 2 rings (SSSR count). The Kier molecular flexibility index (Phi) is 7.37. The van der Waals surface area contributed by atoms with Crippen molar-refractivity contribution in [3.63, 3.8) is 0 Å². The molecule has 2 aromatic rings. The molecule has 0 aliphatic rings. The molecule has 0 radical (unpaired) electrons. The van der Waals surface area contributed by atoms with Crippen molar-refractivity contribution in [2.45, 2.75) is 19.8 Å². The maximum atomic E-state index is 12.0. The van der Waals surface area contributed by atoms with Gasteiger partial charge in [0.05, 0.1) is 7.11 Å². The molecular formula is C20H23N3O4. The monoisotopic (exact) mass is 369 g/mol. The van der Waals surface area contributed by atoms with Crippen molar-refractivity contribution in [3.05, 3.63) is 54.1 Å². The fraction of sp³-hybridized carbons (Fsp3) is 0.250. The summed E-state index contributed by atoms with van der Waals surface area (Å²) in [7, 11) is 1.61. The minimum Gasteiger partial charge on any atom is -0.497 e. The molecule has 0 aliphatic carbocycles. The molecule has 7 nitrogen and oxygen atoms in total. The van der Waals surface area contributed by atoms with Gasteiger partial charge in [0.15, 0.2) is 0 Å². The summed E-state index contributed by atoms with van der Waals surface area (Å²) in [6.07, 6.45) is 0.392. The molecule has 0 aromatic heterocycles. The number of hydrogen-bond donors (Lipinski definition) is 3. The fourth-order valence-corrected chi connectivity index (χ4v) is 2.43. The van der Waals surface area contributed by atoms with Crippen LogP contribution in [-0.2, 0) is 20.8 Å². The van der Waals surface area contributed by atoms with Crippen LogP contribution >= 0.6 is 0 Å². The Labute approximate surface area is 158 Å². The van der Waals surface area contributed by atoms with E-state index in [0.29, 0.717) is 24.3 Å². The first kappa shape index (κ1) is 20.0. The molecule has 0 aliphatic heterocycles. The third-order valence-corrected chi connectivity index (χ3v) is 3.68. The first-order valence-electron chi connectivity index (χ1n) is 8.53. The highest BCUT2D eigenvalue weighted by Gasteiger charge is 2.10. The lowest BCUT2D eigenvalue weighted by atomic mass is 10.1. The number of benzene rings is 2. The second-order valence-electron chi connectivity index (χ2n) is 5.93. The zero-order valence-electron chi connectivity index (χ0n) is 15.4. The van der Waals surface area contributed by atoms with E-state index in [1.807, 2.05) is 24.3 Å². The molecule has 142 valence electrons. The van der Waals surface area contributed by atoms with Crippen LogP contribution in [0.2, 0.25) is 0 Å². The molecule has 3 N–H and O–H groups in total. The molecule has 0 saturated heterocycles. The van der Waals surface area contributed by atoms with Gasteiger partial charge in [0, 0.05) is 24.8 Å². The molecule has 7 heteroatoms. The van der Waals surface area contributed by atoms with Gasteiger partial charge in [-0.25, -0.2) is 0 Å². The lowest BCUT2D eigenvalue weighted by Crippen LogP contribution is -2.29. The molecular weight excluding hydrogens is 346 g/mol. The lowest BCUT2D eigenvalue weighted by molar-refractivity contribution is -0.126. The molecule has 2 aromatic carbocycles. The zero-order valence-corrected chi connectivity index (χ0v) is 15.4. The number of ether oxygens (including phenoxy) is 1. The van der Waals surface area contributed by atoms with E-state index in [0.717, 1.165) is 11.3 Å². The smallest absolute Gasteiger partial charge is 0.233 e. The molecule has 0 spiro atoms. The average molecular weight is 369 g/mol. The Morgan fingerprint density at radius 1 is 0.926 bits per heavy atom. The highest BCUT2D eigenvalue weighted by Crippen LogP contribution is 2.15. The standard InChI is InChI=1S/C20H23N3O4/c1-14(24)22-16-4-3-5-17(12-16)23-20(26)13-19(25)21-11-10-15-6-8-18(27-2)9-7-15/h3-9,12H,10-11,13H2,1-2H3,(H,21,25)(H,22,24)(H,23,26). The molecule has 0 heterocycles. The minimum absolute atomic E-state index is 0.199. The van der Waals surface area contributed by atoms with Gasteiger partial charge in [0.25, 0.3) is 0 Å². The molecule has 0 fully saturated rings. The molecule has 3 amide bonds. The number of nitrogens with one attached hydrogen (secondary N) is 3. The van der Waals surface area contributed by atoms with E-state index in [-0.39, 0.29) is 18.2 Å². The Balaban J connectivity index is 1.74. The van der Waals surface area contributed by atoms with Crippen LogP contribution in [-0.4, -0.2) is 31.4 Å². The van der Waals surface area contributed by atoms with Crippen LogP contribution in [0.15, 0.2) is 48.5 Å². The van der Waals surface area contributed by atoms with Crippen molar-refractivity contribution in [2.24, 2.45) is 0 Å². The third-order valence-electron chi connectivity index (χ3n) is 3.68. The van der Waals surface area contributed by atoms with Crippen LogP contribution in [0.1, 0.15) is 18.9 Å². The van der Waals surface area contributed by atoms with Gasteiger partial charge < -0.3 is 20.7 Å². The third kappa shape index (κ3) is 7.19. The van der Waals surface area contributed by atoms with Crippen molar-refractivity contribution >= 4 is 29.1 Å². The molecule has 27 heavy (non-hydrogen) atoms. The summed E-state index contributed by atoms with van der Waals surface area (Å²) in [5.74, 6) is -0.187. The maximum Gasteiger partial charge on any atom is 0.233 e. The van der Waals surface area contributed by atoms with Crippen molar-refractivity contribution in [1.82, 2.24) is 5.32 Å². The largest absolute Gasteiger partial charge is 0.497 e. The number of hydrogen-bond acceptors (Lipinski definition) is 4. The van der Waals surface area contributed by atoms with Crippen LogP contribution in [0.4, 0.5) is 11.4 Å². The van der Waals surface area contributed by atoms with E-state index in [9.17, 15) is 14.4 Å². The molecule has 0 saturated carbocycles. The summed E-state index contributed by atoms with van der Waals surface area (Å²) in [4.78, 5) is 35.0. The summed E-state index contributed by atoms with van der Waals surface area (Å²) in [5.41, 5.74) is 2.15. The quantitative estimate of drug-likeness (QED) is 0.622. The van der Waals surface area contributed by atoms with Crippen LogP contribution in [0.5, 0.6) is 5.75 Å². The topological polar surface area (TPSA) is 96.5 Å². The van der Waals surface area contributed by atoms with Gasteiger partial charge in [-0.2, -0.15) is 0 Å². The van der Waals surface area contributed by atoms with Crippen LogP contribution in [0.3, 0.4) is 0 Å². The number of carbonyl (C=O) groups excluding carboxylic acids is 3. The summed E-state index contributed by atoms with van der Waals surface area (Å²) >= 11 is 0. The van der Waals surface area contributed by atoms with E-state index in [2.05, 4.69) is 16.0 Å². The van der Waals surface area contributed by atoms with Crippen molar-refractivity contribution < 1.29 is 19.1 Å². The Bertz CT molecular complexity index is 803. The van der Waals surface area contributed by atoms with Crippen molar-refractivity contribution in [3.8, 4) is 5.75 Å². The molecule has 0 atom stereocenters. The van der Waals surface area contributed by atoms with Gasteiger partial charge in [0.1, 0.15) is 12.2 Å². The van der Waals surface area contributed by atoms with Gasteiger partial charge >= 0.3 is 0 Å². The normalized spacial score (nSPS) is 10.0. The first-order valence-corrected chi connectivity index (χ1v) is 8.53. The van der Waals surface area contributed by atoms with Gasteiger partial charge in [-0.05, 0) is 42.3 Å². The number of amides is 3. The Hall–Kier alpha value is -3.35. The lowest BCUT2D eigenvalue weighted by Gasteiger charge is -2.09. The predicted molar refractivity (Wildman–Crippen MR) is 104 cm³/mol. The first-order chi connectivity index (χ1) is 13.0. The number of anilines is 2. The van der Waals surface area contributed by atoms with Crippen LogP contribution in [0, 0.1) is 0 Å². The van der Waals surface area contributed by atoms with Gasteiger partial charge in [-0.3, -0.25) is 14.4 Å². The molecule has 0 bridgehead atoms. The SMILES string of the molecule is COc1ccc(CCNC(=O)CC(=O)Nc2cccc(NC(C)=O)c2)cc1. The summed E-state index contributed by atoms with van der Waals surface area (Å²) < 4.78 is 5.10. The van der Waals surface area contributed by atoms with E-state index in [4.69, 9.17) is 4.74 Å². The highest BCUT2D eigenvalue weighted by atomic mass is 16.5. The van der Waals surface area contributed by atoms with Crippen molar-refractivity contribution in [1.29, 1.82) is 0 Å². The average Bonchev–Trinajstić information content (AvgIpc) is 2.62. The maximum absolute atomic E-state index is 12.0. The van der Waals surface area contributed by atoms with E-state index >= 15 is 0 Å². The Morgan fingerprint density at radius 3 is 2.22 bits per heavy atom. The van der Waals surface area contributed by atoms with E-state index in [1.54, 1.807) is 31.4 Å².